The van der Waals surface area contributed by atoms with E-state index in [1.807, 2.05) is 35.0 Å². The smallest absolute Gasteiger partial charge is 0.253 e. The summed E-state index contributed by atoms with van der Waals surface area (Å²) in [5, 5.41) is 3.07. The standard InChI is InChI=1S/C30H39N5O3/c1-32-20-26(19-31)22-6-4-21(5-7-22)23-12-14-35(15-13-23)30(37)25-10-11-28(34(2)16-17-38-3)27(18-25)33-29(36)24-8-9-24/h4-7,10-11,18-20,23-24H,8-9,12-17,31H2,1-3H3,(H,33,36). The van der Waals surface area contributed by atoms with Gasteiger partial charge in [-0.3, -0.25) is 14.6 Å². The highest BCUT2D eigenvalue weighted by Crippen LogP contribution is 2.34. The van der Waals surface area contributed by atoms with Gasteiger partial charge >= 0.3 is 0 Å². The van der Waals surface area contributed by atoms with Gasteiger partial charge in [0.15, 0.2) is 0 Å². The van der Waals surface area contributed by atoms with Crippen molar-refractivity contribution in [3.8, 4) is 0 Å². The summed E-state index contributed by atoms with van der Waals surface area (Å²) in [5.41, 5.74) is 11.1. The number of methoxy groups -OCH3 is 1. The number of nitrogens with two attached hydrogens (primary N) is 1. The second kappa shape index (κ2) is 12.7. The average Bonchev–Trinajstić information content (AvgIpc) is 3.80. The van der Waals surface area contributed by atoms with Crippen LogP contribution in [-0.2, 0) is 9.53 Å². The maximum atomic E-state index is 13.4. The van der Waals surface area contributed by atoms with Gasteiger partial charge in [0.05, 0.1) is 18.0 Å². The minimum absolute atomic E-state index is 0.00314. The van der Waals surface area contributed by atoms with Crippen molar-refractivity contribution in [2.24, 2.45) is 16.6 Å². The van der Waals surface area contributed by atoms with Gasteiger partial charge in [0, 0.05) is 70.3 Å². The van der Waals surface area contributed by atoms with Crippen LogP contribution in [0.5, 0.6) is 0 Å². The number of allylic oxidation sites excluding steroid dienone is 1. The Hall–Kier alpha value is -3.65. The highest BCUT2D eigenvalue weighted by molar-refractivity contribution is 6.09. The Morgan fingerprint density at radius 1 is 1.11 bits per heavy atom. The molecule has 1 aliphatic heterocycles. The number of likely N-dealkylation sites (tertiary alicyclic amines) is 1. The quantitative estimate of drug-likeness (QED) is 0.462. The molecule has 2 aromatic carbocycles. The molecule has 4 rings (SSSR count). The van der Waals surface area contributed by atoms with E-state index >= 15 is 0 Å². The molecular formula is C30H39N5O3. The molecule has 8 nitrogen and oxygen atoms in total. The third-order valence-electron chi connectivity index (χ3n) is 7.44. The third-order valence-corrected chi connectivity index (χ3v) is 7.44. The van der Waals surface area contributed by atoms with E-state index in [9.17, 15) is 9.59 Å². The number of rotatable bonds is 10. The Morgan fingerprint density at radius 3 is 2.39 bits per heavy atom. The van der Waals surface area contributed by atoms with Gasteiger partial charge in [-0.1, -0.05) is 24.3 Å². The Balaban J connectivity index is 1.42. The SMILES string of the molecule is CN=CC(=CN)c1ccc(C2CCN(C(=O)c3ccc(N(C)CCOC)c(NC(=O)C4CC4)c3)CC2)cc1. The molecule has 0 atom stereocenters. The number of carbonyl (C=O) groups is 2. The first-order valence-corrected chi connectivity index (χ1v) is 13.3. The Labute approximate surface area is 225 Å². The van der Waals surface area contributed by atoms with Crippen LogP contribution >= 0.6 is 0 Å². The van der Waals surface area contributed by atoms with Gasteiger partial charge in [-0.05, 0) is 60.9 Å². The molecule has 2 amide bonds. The number of amides is 2. The normalized spacial score (nSPS) is 16.6. The molecule has 0 radical (unpaired) electrons. The van der Waals surface area contributed by atoms with Crippen LogP contribution in [-0.4, -0.2) is 70.4 Å². The lowest BCUT2D eigenvalue weighted by Gasteiger charge is -2.32. The van der Waals surface area contributed by atoms with Gasteiger partial charge < -0.3 is 25.6 Å². The van der Waals surface area contributed by atoms with E-state index < -0.39 is 0 Å². The second-order valence-corrected chi connectivity index (χ2v) is 10.1. The fourth-order valence-corrected chi connectivity index (χ4v) is 4.93. The number of piperidine rings is 1. The molecule has 0 unspecified atom stereocenters. The van der Waals surface area contributed by atoms with Crippen LogP contribution in [0.3, 0.4) is 0 Å². The summed E-state index contributed by atoms with van der Waals surface area (Å²) in [4.78, 5) is 34.0. The molecule has 1 aliphatic carbocycles. The van der Waals surface area contributed by atoms with Crippen LogP contribution in [0.15, 0.2) is 53.7 Å². The molecule has 2 aromatic rings. The molecule has 3 N–H and O–H groups in total. The predicted molar refractivity (Wildman–Crippen MR) is 154 cm³/mol. The second-order valence-electron chi connectivity index (χ2n) is 10.1. The molecule has 0 bridgehead atoms. The van der Waals surface area contributed by atoms with Crippen LogP contribution in [0, 0.1) is 5.92 Å². The van der Waals surface area contributed by atoms with Gasteiger partial charge in [0.2, 0.25) is 5.91 Å². The number of nitrogens with zero attached hydrogens (tertiary/aromatic N) is 3. The van der Waals surface area contributed by atoms with Crippen molar-refractivity contribution in [2.75, 3.05) is 57.7 Å². The first-order chi connectivity index (χ1) is 18.4. The van der Waals surface area contributed by atoms with Crippen molar-refractivity contribution in [3.05, 3.63) is 65.4 Å². The maximum absolute atomic E-state index is 13.4. The zero-order valence-electron chi connectivity index (χ0n) is 22.7. The minimum Gasteiger partial charge on any atom is -0.404 e. The van der Waals surface area contributed by atoms with E-state index in [-0.39, 0.29) is 17.7 Å². The number of nitrogens with one attached hydrogen (secondary N) is 1. The van der Waals surface area contributed by atoms with Crippen LogP contribution in [0.25, 0.3) is 5.57 Å². The molecule has 2 aliphatic rings. The summed E-state index contributed by atoms with van der Waals surface area (Å²) in [6.07, 6.45) is 6.99. The zero-order valence-corrected chi connectivity index (χ0v) is 22.7. The number of likely N-dealkylation sites (N-methyl/N-ethyl adjacent to an activating group) is 1. The van der Waals surface area contributed by atoms with Gasteiger partial charge in [-0.2, -0.15) is 0 Å². The summed E-state index contributed by atoms with van der Waals surface area (Å²) >= 11 is 0. The summed E-state index contributed by atoms with van der Waals surface area (Å²) < 4.78 is 5.21. The Kier molecular flexibility index (Phi) is 9.18. The van der Waals surface area contributed by atoms with E-state index in [0.29, 0.717) is 43.4 Å². The lowest BCUT2D eigenvalue weighted by atomic mass is 9.88. The number of anilines is 2. The minimum atomic E-state index is 0.00314. The zero-order chi connectivity index (χ0) is 27.1. The molecule has 1 heterocycles. The molecule has 0 aromatic heterocycles. The van der Waals surface area contributed by atoms with Crippen molar-refractivity contribution in [1.82, 2.24) is 4.90 Å². The van der Waals surface area contributed by atoms with Crippen molar-refractivity contribution >= 4 is 35.0 Å². The summed E-state index contributed by atoms with van der Waals surface area (Å²) in [6.45, 7) is 2.64. The lowest BCUT2D eigenvalue weighted by molar-refractivity contribution is -0.117. The lowest BCUT2D eigenvalue weighted by Crippen LogP contribution is -2.38. The number of hydrogen-bond donors (Lipinski definition) is 2. The fraction of sp³-hybridized carbons (Fsp3) is 0.433. The number of aliphatic imine (C=N–C) groups is 1. The first kappa shape index (κ1) is 27.4. The largest absolute Gasteiger partial charge is 0.404 e. The van der Waals surface area contributed by atoms with Gasteiger partial charge in [-0.25, -0.2) is 0 Å². The van der Waals surface area contributed by atoms with Crippen molar-refractivity contribution in [1.29, 1.82) is 0 Å². The monoisotopic (exact) mass is 517 g/mol. The molecule has 202 valence electrons. The highest BCUT2D eigenvalue weighted by Gasteiger charge is 2.31. The summed E-state index contributed by atoms with van der Waals surface area (Å²) in [7, 11) is 5.36. The fourth-order valence-electron chi connectivity index (χ4n) is 4.93. The average molecular weight is 518 g/mol. The Morgan fingerprint density at radius 2 is 1.79 bits per heavy atom. The van der Waals surface area contributed by atoms with Crippen LogP contribution < -0.4 is 16.0 Å². The molecule has 8 heteroatoms. The molecular weight excluding hydrogens is 478 g/mol. The van der Waals surface area contributed by atoms with Crippen LogP contribution in [0.2, 0.25) is 0 Å². The van der Waals surface area contributed by atoms with Crippen molar-refractivity contribution in [3.63, 3.8) is 0 Å². The summed E-state index contributed by atoms with van der Waals surface area (Å²) in [6, 6.07) is 14.1. The molecule has 1 saturated carbocycles. The number of hydrogen-bond acceptors (Lipinski definition) is 6. The third kappa shape index (κ3) is 6.61. The van der Waals surface area contributed by atoms with E-state index in [2.05, 4.69) is 34.6 Å². The predicted octanol–water partition coefficient (Wildman–Crippen LogP) is 4.14. The van der Waals surface area contributed by atoms with Crippen molar-refractivity contribution in [2.45, 2.75) is 31.6 Å². The number of carbonyl (C=O) groups excluding carboxylic acids is 2. The number of ether oxygens (including phenoxy) is 1. The van der Waals surface area contributed by atoms with Crippen LogP contribution in [0.4, 0.5) is 11.4 Å². The topological polar surface area (TPSA) is 100 Å². The first-order valence-electron chi connectivity index (χ1n) is 13.3. The van der Waals surface area contributed by atoms with Gasteiger partial charge in [0.25, 0.3) is 5.91 Å². The van der Waals surface area contributed by atoms with Crippen LogP contribution in [0.1, 0.15) is 53.1 Å². The summed E-state index contributed by atoms with van der Waals surface area (Å²) in [5.74, 6) is 0.517. The van der Waals surface area contributed by atoms with E-state index in [4.69, 9.17) is 10.5 Å². The van der Waals surface area contributed by atoms with Crippen molar-refractivity contribution < 1.29 is 14.3 Å². The maximum Gasteiger partial charge on any atom is 0.253 e. The van der Waals surface area contributed by atoms with Gasteiger partial charge in [0.1, 0.15) is 0 Å². The van der Waals surface area contributed by atoms with E-state index in [1.165, 1.54) is 5.56 Å². The number of benzene rings is 2. The molecule has 2 fully saturated rings. The van der Waals surface area contributed by atoms with Gasteiger partial charge in [-0.15, -0.1) is 0 Å². The molecule has 1 saturated heterocycles. The van der Waals surface area contributed by atoms with E-state index in [1.54, 1.807) is 26.6 Å². The molecule has 38 heavy (non-hydrogen) atoms. The highest BCUT2D eigenvalue weighted by atomic mass is 16.5. The molecule has 0 spiro atoms. The van der Waals surface area contributed by atoms with E-state index in [0.717, 1.165) is 42.5 Å². The Bertz CT molecular complexity index is 1180.